The zero-order valence-corrected chi connectivity index (χ0v) is 11.2. The van der Waals surface area contributed by atoms with E-state index in [-0.39, 0.29) is 23.7 Å². The van der Waals surface area contributed by atoms with Crippen molar-refractivity contribution < 1.29 is 9.59 Å². The molecule has 98 valence electrons. The quantitative estimate of drug-likeness (QED) is 0.571. The van der Waals surface area contributed by atoms with Gasteiger partial charge in [0.15, 0.2) is 0 Å². The third kappa shape index (κ3) is 1.72. The second-order valence-corrected chi connectivity index (χ2v) is 5.41. The van der Waals surface area contributed by atoms with Crippen molar-refractivity contribution in [2.45, 2.75) is 26.7 Å². The second kappa shape index (κ2) is 4.34. The van der Waals surface area contributed by atoms with Gasteiger partial charge in [0.1, 0.15) is 0 Å². The van der Waals surface area contributed by atoms with Crippen LogP contribution >= 0.6 is 0 Å². The van der Waals surface area contributed by atoms with E-state index in [0.29, 0.717) is 12.8 Å². The van der Waals surface area contributed by atoms with Crippen LogP contribution in [0.5, 0.6) is 0 Å². The Hall–Kier alpha value is -1.90. The molecule has 19 heavy (non-hydrogen) atoms. The summed E-state index contributed by atoms with van der Waals surface area (Å²) in [6, 6.07) is 5.85. The van der Waals surface area contributed by atoms with E-state index in [9.17, 15) is 9.59 Å². The molecule has 2 amide bonds. The lowest BCUT2D eigenvalue weighted by Gasteiger charge is -2.19. The molecule has 2 atom stereocenters. The number of fused-ring (bicyclic) bond motifs is 1. The van der Waals surface area contributed by atoms with E-state index >= 15 is 0 Å². The van der Waals surface area contributed by atoms with Crippen molar-refractivity contribution in [3.05, 3.63) is 41.5 Å². The molecule has 1 aromatic carbocycles. The molecule has 0 bridgehead atoms. The zero-order chi connectivity index (χ0) is 13.6. The Labute approximate surface area is 112 Å². The molecule has 1 fully saturated rings. The number of hydrogen-bond donors (Lipinski definition) is 0. The van der Waals surface area contributed by atoms with Crippen LogP contribution in [-0.4, -0.2) is 11.8 Å². The van der Waals surface area contributed by atoms with E-state index < -0.39 is 0 Å². The predicted molar refractivity (Wildman–Crippen MR) is 73.8 cm³/mol. The number of allylic oxidation sites excluding steroid dienone is 2. The van der Waals surface area contributed by atoms with Crippen LogP contribution in [-0.2, 0) is 9.59 Å². The summed E-state index contributed by atoms with van der Waals surface area (Å²) in [6.07, 6.45) is 5.41. The van der Waals surface area contributed by atoms with E-state index in [0.717, 1.165) is 16.8 Å². The molecule has 1 aliphatic carbocycles. The molecule has 1 heterocycles. The first-order valence-corrected chi connectivity index (χ1v) is 6.70. The fourth-order valence-corrected chi connectivity index (χ4v) is 3.18. The monoisotopic (exact) mass is 255 g/mol. The predicted octanol–water partition coefficient (Wildman–Crippen LogP) is 2.76. The average molecular weight is 255 g/mol. The molecule has 3 nitrogen and oxygen atoms in total. The Morgan fingerprint density at radius 3 is 1.89 bits per heavy atom. The number of amides is 2. The van der Waals surface area contributed by atoms with Crippen LogP contribution in [0.2, 0.25) is 0 Å². The van der Waals surface area contributed by atoms with E-state index in [1.165, 1.54) is 4.90 Å². The molecule has 0 spiro atoms. The minimum absolute atomic E-state index is 0.0308. The van der Waals surface area contributed by atoms with Gasteiger partial charge in [-0.3, -0.25) is 9.59 Å². The standard InChI is InChI=1S/C16H17NO2/c1-10-6-5-7-11(2)14(10)17-15(18)12-8-3-4-9-13(12)16(17)19/h3-7,12-13H,8-9H2,1-2H3. The number of nitrogens with zero attached hydrogens (tertiary/aromatic N) is 1. The number of imide groups is 1. The highest BCUT2D eigenvalue weighted by atomic mass is 16.2. The third-order valence-electron chi connectivity index (χ3n) is 4.17. The van der Waals surface area contributed by atoms with E-state index in [2.05, 4.69) is 0 Å². The number of carbonyl (C=O) groups is 2. The maximum absolute atomic E-state index is 12.5. The molecule has 0 N–H and O–H groups in total. The number of carbonyl (C=O) groups excluding carboxylic acids is 2. The molecule has 3 heteroatoms. The normalized spacial score (nSPS) is 25.9. The summed E-state index contributed by atoms with van der Waals surface area (Å²) >= 11 is 0. The van der Waals surface area contributed by atoms with E-state index in [4.69, 9.17) is 0 Å². The number of para-hydroxylation sites is 1. The van der Waals surface area contributed by atoms with Gasteiger partial charge in [-0.2, -0.15) is 0 Å². The lowest BCUT2D eigenvalue weighted by Crippen LogP contribution is -2.32. The van der Waals surface area contributed by atoms with Crippen LogP contribution in [0.3, 0.4) is 0 Å². The average Bonchev–Trinajstić information content (AvgIpc) is 2.64. The Bertz CT molecular complexity index is 542. The van der Waals surface area contributed by atoms with Crippen molar-refractivity contribution in [3.63, 3.8) is 0 Å². The van der Waals surface area contributed by atoms with E-state index in [1.807, 2.05) is 44.2 Å². The van der Waals surface area contributed by atoms with Crippen molar-refractivity contribution in [3.8, 4) is 0 Å². The Kier molecular flexibility index (Phi) is 2.77. The molecule has 1 aromatic rings. The summed E-state index contributed by atoms with van der Waals surface area (Å²) in [6.45, 7) is 3.90. The van der Waals surface area contributed by atoms with Crippen molar-refractivity contribution >= 4 is 17.5 Å². The van der Waals surface area contributed by atoms with Gasteiger partial charge in [-0.1, -0.05) is 30.4 Å². The van der Waals surface area contributed by atoms with Gasteiger partial charge in [-0.15, -0.1) is 0 Å². The van der Waals surface area contributed by atoms with Crippen LogP contribution in [0, 0.1) is 25.7 Å². The second-order valence-electron chi connectivity index (χ2n) is 5.41. The molecule has 2 unspecified atom stereocenters. The van der Waals surface area contributed by atoms with Gasteiger partial charge in [-0.05, 0) is 37.8 Å². The molecule has 2 aliphatic rings. The van der Waals surface area contributed by atoms with E-state index in [1.54, 1.807) is 0 Å². The maximum atomic E-state index is 12.5. The summed E-state index contributed by atoms with van der Waals surface area (Å²) in [5, 5.41) is 0. The largest absolute Gasteiger partial charge is 0.274 e. The van der Waals surface area contributed by atoms with Gasteiger partial charge in [0.05, 0.1) is 17.5 Å². The van der Waals surface area contributed by atoms with Gasteiger partial charge in [0, 0.05) is 0 Å². The van der Waals surface area contributed by atoms with Crippen LogP contribution in [0.4, 0.5) is 5.69 Å². The molecular formula is C16H17NO2. The van der Waals surface area contributed by atoms with Crippen LogP contribution in [0.1, 0.15) is 24.0 Å². The van der Waals surface area contributed by atoms with Gasteiger partial charge in [-0.25, -0.2) is 4.90 Å². The first kappa shape index (κ1) is 12.2. The molecule has 3 rings (SSSR count). The van der Waals surface area contributed by atoms with Crippen LogP contribution < -0.4 is 4.90 Å². The molecule has 1 saturated heterocycles. The summed E-state index contributed by atoms with van der Waals surface area (Å²) < 4.78 is 0. The van der Waals surface area contributed by atoms with Crippen LogP contribution in [0.15, 0.2) is 30.4 Å². The zero-order valence-electron chi connectivity index (χ0n) is 11.2. The summed E-state index contributed by atoms with van der Waals surface area (Å²) in [5.41, 5.74) is 2.74. The van der Waals surface area contributed by atoms with Gasteiger partial charge in [0.25, 0.3) is 0 Å². The number of benzene rings is 1. The van der Waals surface area contributed by atoms with Crippen molar-refractivity contribution in [1.29, 1.82) is 0 Å². The number of rotatable bonds is 1. The highest BCUT2D eigenvalue weighted by Gasteiger charge is 2.48. The lowest BCUT2D eigenvalue weighted by atomic mass is 9.85. The molecule has 0 aromatic heterocycles. The Morgan fingerprint density at radius 2 is 1.42 bits per heavy atom. The molecule has 1 aliphatic heterocycles. The molecule has 0 saturated carbocycles. The number of anilines is 1. The first-order chi connectivity index (χ1) is 9.11. The fraction of sp³-hybridized carbons (Fsp3) is 0.375. The fourth-order valence-electron chi connectivity index (χ4n) is 3.18. The number of hydrogen-bond acceptors (Lipinski definition) is 2. The minimum Gasteiger partial charge on any atom is -0.274 e. The van der Waals surface area contributed by atoms with Crippen molar-refractivity contribution in [1.82, 2.24) is 0 Å². The van der Waals surface area contributed by atoms with Crippen molar-refractivity contribution in [2.24, 2.45) is 11.8 Å². The molecule has 0 radical (unpaired) electrons. The van der Waals surface area contributed by atoms with Gasteiger partial charge < -0.3 is 0 Å². The first-order valence-electron chi connectivity index (χ1n) is 6.70. The topological polar surface area (TPSA) is 37.4 Å². The number of aryl methyl sites for hydroxylation is 2. The van der Waals surface area contributed by atoms with Crippen LogP contribution in [0.25, 0.3) is 0 Å². The third-order valence-corrected chi connectivity index (χ3v) is 4.17. The smallest absolute Gasteiger partial charge is 0.238 e. The minimum atomic E-state index is -0.156. The lowest BCUT2D eigenvalue weighted by molar-refractivity contribution is -0.122. The highest BCUT2D eigenvalue weighted by Crippen LogP contribution is 2.39. The maximum Gasteiger partial charge on any atom is 0.238 e. The SMILES string of the molecule is Cc1cccc(C)c1N1C(=O)C2CC=CCC2C1=O. The Morgan fingerprint density at radius 1 is 0.947 bits per heavy atom. The summed E-state index contributed by atoms with van der Waals surface area (Å²) in [4.78, 5) is 26.5. The van der Waals surface area contributed by atoms with Gasteiger partial charge in [0.2, 0.25) is 11.8 Å². The highest BCUT2D eigenvalue weighted by molar-refractivity contribution is 6.22. The van der Waals surface area contributed by atoms with Crippen molar-refractivity contribution in [2.75, 3.05) is 4.90 Å². The molecular weight excluding hydrogens is 238 g/mol. The summed E-state index contributed by atoms with van der Waals surface area (Å²) in [7, 11) is 0. The van der Waals surface area contributed by atoms with Gasteiger partial charge >= 0.3 is 0 Å². The Balaban J connectivity index is 2.07. The summed E-state index contributed by atoms with van der Waals surface area (Å²) in [5.74, 6) is -0.374.